The number of rotatable bonds is 2. The summed E-state index contributed by atoms with van der Waals surface area (Å²) < 4.78 is 0. The number of carbonyl (C=O) groups is 1. The average molecular weight is 227 g/mol. The molecule has 0 saturated carbocycles. The zero-order valence-electron chi connectivity index (χ0n) is 9.47. The van der Waals surface area contributed by atoms with Gasteiger partial charge >= 0.3 is 0 Å². The Morgan fingerprint density at radius 3 is 2.65 bits per heavy atom. The van der Waals surface area contributed by atoms with Crippen LogP contribution in [0.2, 0.25) is 0 Å². The van der Waals surface area contributed by atoms with Crippen molar-refractivity contribution in [2.45, 2.75) is 6.92 Å². The number of pyridine rings is 1. The number of aryl methyl sites for hydroxylation is 1. The zero-order chi connectivity index (χ0) is 12.4. The molecule has 1 aromatic heterocycles. The molecule has 1 aromatic carbocycles. The van der Waals surface area contributed by atoms with Gasteiger partial charge in [0.05, 0.1) is 5.69 Å². The Balaban J connectivity index is 2.56. The quantitative estimate of drug-likeness (QED) is 0.819. The van der Waals surface area contributed by atoms with Crippen LogP contribution in [0.5, 0.6) is 0 Å². The van der Waals surface area contributed by atoms with E-state index in [0.29, 0.717) is 11.4 Å². The van der Waals surface area contributed by atoms with Gasteiger partial charge in [-0.05, 0) is 25.1 Å². The number of anilines is 1. The van der Waals surface area contributed by atoms with E-state index in [0.717, 1.165) is 11.1 Å². The van der Waals surface area contributed by atoms with Gasteiger partial charge in [-0.1, -0.05) is 23.8 Å². The van der Waals surface area contributed by atoms with E-state index in [1.807, 2.05) is 31.2 Å². The highest BCUT2D eigenvalue weighted by molar-refractivity contribution is 5.92. The van der Waals surface area contributed by atoms with Crippen LogP contribution in [0.3, 0.4) is 0 Å². The van der Waals surface area contributed by atoms with Crippen LogP contribution < -0.4 is 11.5 Å². The third-order valence-corrected chi connectivity index (χ3v) is 2.41. The molecule has 0 radical (unpaired) electrons. The van der Waals surface area contributed by atoms with Crippen molar-refractivity contribution >= 4 is 11.6 Å². The maximum atomic E-state index is 11.1. The summed E-state index contributed by atoms with van der Waals surface area (Å²) in [6.07, 6.45) is 0. The van der Waals surface area contributed by atoms with Crippen LogP contribution in [-0.2, 0) is 0 Å². The normalized spacial score (nSPS) is 10.2. The second-order valence-electron chi connectivity index (χ2n) is 3.90. The molecule has 0 aliphatic heterocycles. The molecule has 1 heterocycles. The summed E-state index contributed by atoms with van der Waals surface area (Å²) in [4.78, 5) is 15.3. The van der Waals surface area contributed by atoms with E-state index in [2.05, 4.69) is 4.98 Å². The molecule has 0 aliphatic rings. The molecular formula is C13H13N3O. The standard InChI is InChI=1S/C13H13N3O/c1-8-3-2-4-9(5-8)11-6-10(14)7-12(16-11)13(15)17/h2-7H,1H3,(H2,14,16)(H2,15,17). The minimum absolute atomic E-state index is 0.182. The number of benzene rings is 1. The zero-order valence-corrected chi connectivity index (χ0v) is 9.47. The molecule has 4 heteroatoms. The molecule has 17 heavy (non-hydrogen) atoms. The van der Waals surface area contributed by atoms with Crippen LogP contribution in [-0.4, -0.2) is 10.9 Å². The number of primary amides is 1. The molecule has 4 nitrogen and oxygen atoms in total. The van der Waals surface area contributed by atoms with Crippen LogP contribution in [0, 0.1) is 6.92 Å². The lowest BCUT2D eigenvalue weighted by Crippen LogP contribution is -2.13. The lowest BCUT2D eigenvalue weighted by molar-refractivity contribution is 0.0995. The first kappa shape index (κ1) is 11.1. The number of carbonyl (C=O) groups excluding carboxylic acids is 1. The summed E-state index contributed by atoms with van der Waals surface area (Å²) in [5.74, 6) is -0.578. The minimum Gasteiger partial charge on any atom is -0.399 e. The number of hydrogen-bond donors (Lipinski definition) is 2. The number of nitrogens with zero attached hydrogens (tertiary/aromatic N) is 1. The van der Waals surface area contributed by atoms with Crippen molar-refractivity contribution in [1.29, 1.82) is 0 Å². The van der Waals surface area contributed by atoms with Crippen LogP contribution in [0.25, 0.3) is 11.3 Å². The van der Waals surface area contributed by atoms with Gasteiger partial charge in [0.15, 0.2) is 0 Å². The predicted molar refractivity (Wildman–Crippen MR) is 67.3 cm³/mol. The molecule has 0 spiro atoms. The monoisotopic (exact) mass is 227 g/mol. The fraction of sp³-hybridized carbons (Fsp3) is 0.0769. The molecule has 86 valence electrons. The third kappa shape index (κ3) is 2.42. The fourth-order valence-electron chi connectivity index (χ4n) is 1.63. The maximum absolute atomic E-state index is 11.1. The molecule has 4 N–H and O–H groups in total. The van der Waals surface area contributed by atoms with E-state index in [1.165, 1.54) is 6.07 Å². The van der Waals surface area contributed by atoms with Crippen LogP contribution in [0.4, 0.5) is 5.69 Å². The van der Waals surface area contributed by atoms with Crippen molar-refractivity contribution in [2.75, 3.05) is 5.73 Å². The highest BCUT2D eigenvalue weighted by atomic mass is 16.1. The first-order valence-corrected chi connectivity index (χ1v) is 5.20. The molecule has 0 unspecified atom stereocenters. The van der Waals surface area contributed by atoms with Gasteiger partial charge in [0.25, 0.3) is 5.91 Å². The van der Waals surface area contributed by atoms with Gasteiger partial charge in [0.1, 0.15) is 5.69 Å². The largest absolute Gasteiger partial charge is 0.399 e. The molecule has 0 bridgehead atoms. The van der Waals surface area contributed by atoms with Gasteiger partial charge in [0.2, 0.25) is 0 Å². The van der Waals surface area contributed by atoms with Gasteiger partial charge in [0, 0.05) is 11.3 Å². The second kappa shape index (κ2) is 4.25. The summed E-state index contributed by atoms with van der Waals surface area (Å²) in [5.41, 5.74) is 14.3. The van der Waals surface area contributed by atoms with E-state index >= 15 is 0 Å². The first-order chi connectivity index (χ1) is 8.06. The molecule has 2 rings (SSSR count). The molecule has 2 aromatic rings. The van der Waals surface area contributed by atoms with Gasteiger partial charge < -0.3 is 11.5 Å². The molecule has 0 fully saturated rings. The number of nitrogens with two attached hydrogens (primary N) is 2. The third-order valence-electron chi connectivity index (χ3n) is 2.41. The van der Waals surface area contributed by atoms with E-state index < -0.39 is 5.91 Å². The minimum atomic E-state index is -0.578. The lowest BCUT2D eigenvalue weighted by Gasteiger charge is -2.05. The Morgan fingerprint density at radius 1 is 1.24 bits per heavy atom. The van der Waals surface area contributed by atoms with E-state index in [9.17, 15) is 4.79 Å². The SMILES string of the molecule is Cc1cccc(-c2cc(N)cc(C(N)=O)n2)c1. The topological polar surface area (TPSA) is 82.0 Å². The maximum Gasteiger partial charge on any atom is 0.267 e. The highest BCUT2D eigenvalue weighted by Gasteiger charge is 2.07. The van der Waals surface area contributed by atoms with Crippen LogP contribution >= 0.6 is 0 Å². The number of nitrogen functional groups attached to an aromatic ring is 1. The fourth-order valence-corrected chi connectivity index (χ4v) is 1.63. The Labute approximate surface area is 99.3 Å². The highest BCUT2D eigenvalue weighted by Crippen LogP contribution is 2.21. The van der Waals surface area contributed by atoms with Gasteiger partial charge in [-0.15, -0.1) is 0 Å². The Bertz CT molecular complexity index is 579. The summed E-state index contributed by atoms with van der Waals surface area (Å²) in [7, 11) is 0. The molecule has 1 amide bonds. The number of aromatic nitrogens is 1. The molecule has 0 saturated heterocycles. The number of hydrogen-bond acceptors (Lipinski definition) is 3. The van der Waals surface area contributed by atoms with Gasteiger partial charge in [-0.25, -0.2) is 4.98 Å². The summed E-state index contributed by atoms with van der Waals surface area (Å²) in [5, 5.41) is 0. The Kier molecular flexibility index (Phi) is 2.78. The number of amides is 1. The smallest absolute Gasteiger partial charge is 0.267 e. The van der Waals surface area contributed by atoms with Crippen molar-refractivity contribution in [3.05, 3.63) is 47.7 Å². The van der Waals surface area contributed by atoms with Crippen molar-refractivity contribution in [1.82, 2.24) is 4.98 Å². The van der Waals surface area contributed by atoms with Crippen molar-refractivity contribution in [3.8, 4) is 11.3 Å². The lowest BCUT2D eigenvalue weighted by atomic mass is 10.1. The van der Waals surface area contributed by atoms with Crippen molar-refractivity contribution in [2.24, 2.45) is 5.73 Å². The second-order valence-corrected chi connectivity index (χ2v) is 3.90. The van der Waals surface area contributed by atoms with Crippen molar-refractivity contribution in [3.63, 3.8) is 0 Å². The average Bonchev–Trinajstić information content (AvgIpc) is 2.28. The summed E-state index contributed by atoms with van der Waals surface area (Å²) in [6, 6.07) is 11.0. The van der Waals surface area contributed by atoms with Crippen LogP contribution in [0.1, 0.15) is 16.1 Å². The van der Waals surface area contributed by atoms with Gasteiger partial charge in [-0.2, -0.15) is 0 Å². The van der Waals surface area contributed by atoms with E-state index in [4.69, 9.17) is 11.5 Å². The Hall–Kier alpha value is -2.36. The van der Waals surface area contributed by atoms with E-state index in [1.54, 1.807) is 6.07 Å². The first-order valence-electron chi connectivity index (χ1n) is 5.20. The Morgan fingerprint density at radius 2 is 2.00 bits per heavy atom. The van der Waals surface area contributed by atoms with Crippen molar-refractivity contribution < 1.29 is 4.79 Å². The predicted octanol–water partition coefficient (Wildman–Crippen LogP) is 1.74. The van der Waals surface area contributed by atoms with Gasteiger partial charge in [-0.3, -0.25) is 4.79 Å². The van der Waals surface area contributed by atoms with Crippen LogP contribution in [0.15, 0.2) is 36.4 Å². The molecule has 0 atom stereocenters. The summed E-state index contributed by atoms with van der Waals surface area (Å²) in [6.45, 7) is 1.99. The van der Waals surface area contributed by atoms with E-state index in [-0.39, 0.29) is 5.69 Å². The summed E-state index contributed by atoms with van der Waals surface area (Å²) >= 11 is 0. The molecular weight excluding hydrogens is 214 g/mol. The molecule has 0 aliphatic carbocycles.